The number of benzene rings is 3. The Morgan fingerprint density at radius 2 is 1.65 bits per heavy atom. The third kappa shape index (κ3) is 7.82. The molecule has 2 unspecified atom stereocenters. The van der Waals surface area contributed by atoms with Crippen molar-refractivity contribution in [2.24, 2.45) is 0 Å². The van der Waals surface area contributed by atoms with Crippen molar-refractivity contribution in [3.63, 3.8) is 0 Å². The van der Waals surface area contributed by atoms with E-state index in [1.807, 2.05) is 43.3 Å². The van der Waals surface area contributed by atoms with Crippen LogP contribution in [-0.2, 0) is 30.5 Å². The van der Waals surface area contributed by atoms with Gasteiger partial charge in [-0.05, 0) is 75.1 Å². The van der Waals surface area contributed by atoms with Crippen molar-refractivity contribution in [1.82, 2.24) is 10.2 Å². The average molecular weight is 631 g/mol. The molecule has 0 saturated heterocycles. The average Bonchev–Trinajstić information content (AvgIpc) is 3.11. The maximum Gasteiger partial charge on any atom is 0.410 e. The van der Waals surface area contributed by atoms with Gasteiger partial charge in [-0.1, -0.05) is 48.5 Å². The van der Waals surface area contributed by atoms with Crippen molar-refractivity contribution in [2.75, 3.05) is 23.4 Å². The molecule has 11 heteroatoms. The number of para-hydroxylation sites is 2. The Morgan fingerprint density at radius 1 is 1.00 bits per heavy atom. The molecule has 1 heterocycles. The van der Waals surface area contributed by atoms with E-state index in [1.54, 1.807) is 49.9 Å². The lowest BCUT2D eigenvalue weighted by Gasteiger charge is -2.30. The maximum absolute atomic E-state index is 14.5. The molecule has 2 atom stereocenters. The Balaban J connectivity index is 1.73. The summed E-state index contributed by atoms with van der Waals surface area (Å²) in [5, 5.41) is 13.9. The van der Waals surface area contributed by atoms with Gasteiger partial charge in [0.1, 0.15) is 17.7 Å². The van der Waals surface area contributed by atoms with Crippen LogP contribution in [0.15, 0.2) is 60.7 Å². The monoisotopic (exact) mass is 630 g/mol. The van der Waals surface area contributed by atoms with Gasteiger partial charge in [0.2, 0.25) is 11.8 Å². The minimum absolute atomic E-state index is 0.0598. The van der Waals surface area contributed by atoms with Crippen LogP contribution in [-0.4, -0.2) is 71.1 Å². The van der Waals surface area contributed by atoms with E-state index in [4.69, 9.17) is 9.84 Å². The summed E-state index contributed by atoms with van der Waals surface area (Å²) in [6.07, 6.45) is -0.816. The zero-order valence-electron chi connectivity index (χ0n) is 27.2. The number of ether oxygens (including phenoxy) is 1. The number of fused-ring (bicyclic) bond motifs is 2. The van der Waals surface area contributed by atoms with Crippen molar-refractivity contribution < 1.29 is 33.8 Å². The Hall–Kier alpha value is -4.93. The first kappa shape index (κ1) is 34.0. The molecule has 11 nitrogen and oxygen atoms in total. The molecule has 3 aromatic rings. The quantitative estimate of drug-likeness (QED) is 0.339. The molecule has 0 fully saturated rings. The summed E-state index contributed by atoms with van der Waals surface area (Å²) >= 11 is 0. The molecule has 4 amide bonds. The molecule has 0 spiro atoms. The molecule has 0 aromatic heterocycles. The molecule has 244 valence electrons. The predicted octanol–water partition coefficient (Wildman–Crippen LogP) is 5.02. The van der Waals surface area contributed by atoms with Gasteiger partial charge in [-0.3, -0.25) is 24.1 Å². The molecule has 4 rings (SSSR count). The van der Waals surface area contributed by atoms with E-state index in [1.165, 1.54) is 18.9 Å². The number of carboxylic acids is 1. The first-order valence-corrected chi connectivity index (χ1v) is 15.3. The second-order valence-corrected chi connectivity index (χ2v) is 12.6. The summed E-state index contributed by atoms with van der Waals surface area (Å²) in [6.45, 7) is 8.66. The van der Waals surface area contributed by atoms with Gasteiger partial charge in [-0.2, -0.15) is 0 Å². The normalized spacial score (nSPS) is 15.5. The Labute approximate surface area is 269 Å². The number of anilines is 2. The number of carbonyl (C=O) groups is 5. The number of rotatable bonds is 9. The highest BCUT2D eigenvalue weighted by Crippen LogP contribution is 2.36. The number of amides is 4. The van der Waals surface area contributed by atoms with Crippen molar-refractivity contribution in [1.29, 1.82) is 0 Å². The number of aliphatic carboxylic acids is 1. The molecular weight excluding hydrogens is 588 g/mol. The lowest BCUT2D eigenvalue weighted by atomic mass is 9.99. The van der Waals surface area contributed by atoms with Crippen LogP contribution in [0.1, 0.15) is 58.1 Å². The van der Waals surface area contributed by atoms with Crippen molar-refractivity contribution >= 4 is 51.9 Å². The lowest BCUT2D eigenvalue weighted by Crippen LogP contribution is -2.57. The van der Waals surface area contributed by atoms with Gasteiger partial charge in [0.15, 0.2) is 0 Å². The second kappa shape index (κ2) is 14.0. The van der Waals surface area contributed by atoms with E-state index in [-0.39, 0.29) is 38.3 Å². The largest absolute Gasteiger partial charge is 0.481 e. The fraction of sp³-hybridized carbons (Fsp3) is 0.400. The Kier molecular flexibility index (Phi) is 10.3. The van der Waals surface area contributed by atoms with Gasteiger partial charge in [0, 0.05) is 19.9 Å². The predicted molar refractivity (Wildman–Crippen MR) is 176 cm³/mol. The molecule has 46 heavy (non-hydrogen) atoms. The van der Waals surface area contributed by atoms with Gasteiger partial charge in [0.25, 0.3) is 5.91 Å². The first-order chi connectivity index (χ1) is 21.7. The van der Waals surface area contributed by atoms with Crippen LogP contribution < -0.4 is 15.1 Å². The molecule has 0 saturated carbocycles. The summed E-state index contributed by atoms with van der Waals surface area (Å²) in [6, 6.07) is 16.8. The highest BCUT2D eigenvalue weighted by atomic mass is 16.6. The minimum atomic E-state index is -1.17. The van der Waals surface area contributed by atoms with Crippen LogP contribution in [0.25, 0.3) is 10.8 Å². The number of nitrogens with one attached hydrogen (secondary N) is 1. The summed E-state index contributed by atoms with van der Waals surface area (Å²) in [7, 11) is 1.44. The Morgan fingerprint density at radius 3 is 2.33 bits per heavy atom. The van der Waals surface area contributed by atoms with Crippen LogP contribution in [0.4, 0.5) is 16.2 Å². The number of likely N-dealkylation sites (N-methyl/N-ethyl adjacent to an activating group) is 1. The Bertz CT molecular complexity index is 1650. The number of hydrogen-bond acceptors (Lipinski definition) is 6. The highest BCUT2D eigenvalue weighted by Gasteiger charge is 2.38. The molecule has 3 aromatic carbocycles. The van der Waals surface area contributed by atoms with E-state index in [0.29, 0.717) is 11.4 Å². The first-order valence-electron chi connectivity index (χ1n) is 15.3. The third-order valence-electron chi connectivity index (χ3n) is 8.02. The van der Waals surface area contributed by atoms with E-state index >= 15 is 0 Å². The van der Waals surface area contributed by atoms with Gasteiger partial charge in [-0.25, -0.2) is 4.79 Å². The number of carbonyl (C=O) groups excluding carboxylic acids is 4. The second-order valence-electron chi connectivity index (χ2n) is 12.6. The molecule has 0 aliphatic carbocycles. The molecule has 0 radical (unpaired) electrons. The molecule has 1 aliphatic heterocycles. The van der Waals surface area contributed by atoms with Crippen molar-refractivity contribution in [2.45, 2.75) is 78.1 Å². The fourth-order valence-electron chi connectivity index (χ4n) is 5.39. The SMILES string of the molecule is Cc1ccc2ccccc2c1CN1C(=O)C(NC(=O)C(C)N(C)C(=O)OC(C)(C)C)CN(C(=O)CCCC(=O)O)c2ccccc21. The lowest BCUT2D eigenvalue weighted by molar-refractivity contribution is -0.137. The third-order valence-corrected chi connectivity index (χ3v) is 8.02. The summed E-state index contributed by atoms with van der Waals surface area (Å²) in [4.78, 5) is 69.7. The van der Waals surface area contributed by atoms with Crippen LogP contribution >= 0.6 is 0 Å². The summed E-state index contributed by atoms with van der Waals surface area (Å²) in [5.74, 6) is -2.41. The molecule has 2 N–H and O–H groups in total. The maximum atomic E-state index is 14.5. The van der Waals surface area contributed by atoms with Crippen LogP contribution in [0, 0.1) is 6.92 Å². The van der Waals surface area contributed by atoms with E-state index < -0.39 is 41.6 Å². The number of carboxylic acid groups (broad SMARTS) is 1. The van der Waals surface area contributed by atoms with E-state index in [2.05, 4.69) is 5.32 Å². The number of hydrogen-bond donors (Lipinski definition) is 2. The zero-order chi connectivity index (χ0) is 33.8. The molecular formula is C35H42N4O7. The van der Waals surface area contributed by atoms with Crippen LogP contribution in [0.2, 0.25) is 0 Å². The van der Waals surface area contributed by atoms with E-state index in [0.717, 1.165) is 26.8 Å². The molecule has 0 bridgehead atoms. The van der Waals surface area contributed by atoms with Gasteiger partial charge in [-0.15, -0.1) is 0 Å². The van der Waals surface area contributed by atoms with Crippen molar-refractivity contribution in [3.05, 3.63) is 71.8 Å². The fourth-order valence-corrected chi connectivity index (χ4v) is 5.39. The summed E-state index contributed by atoms with van der Waals surface area (Å²) in [5.41, 5.74) is 2.09. The van der Waals surface area contributed by atoms with E-state index in [9.17, 15) is 24.0 Å². The molecule has 1 aliphatic rings. The van der Waals surface area contributed by atoms with Crippen LogP contribution in [0.5, 0.6) is 0 Å². The van der Waals surface area contributed by atoms with Gasteiger partial charge in [0.05, 0.1) is 24.5 Å². The van der Waals surface area contributed by atoms with Crippen LogP contribution in [0.3, 0.4) is 0 Å². The van der Waals surface area contributed by atoms with Crippen molar-refractivity contribution in [3.8, 4) is 0 Å². The highest BCUT2D eigenvalue weighted by molar-refractivity contribution is 6.08. The van der Waals surface area contributed by atoms with Gasteiger partial charge >= 0.3 is 12.1 Å². The number of aryl methyl sites for hydroxylation is 1. The smallest absolute Gasteiger partial charge is 0.410 e. The standard InChI is InChI=1S/C35H42N4O7/c1-22-18-19-24-12-7-8-13-25(24)26(22)20-39-29-15-10-9-14-28(29)38(30(40)16-11-17-31(41)42)21-27(33(39)44)36-32(43)23(2)37(6)34(45)46-35(3,4)5/h7-10,12-15,18-19,23,27H,11,16-17,20-21H2,1-6H3,(H,36,43)(H,41,42). The zero-order valence-corrected chi connectivity index (χ0v) is 27.2. The van der Waals surface area contributed by atoms with Gasteiger partial charge < -0.3 is 25.0 Å². The summed E-state index contributed by atoms with van der Waals surface area (Å²) < 4.78 is 5.41. The number of nitrogens with zero attached hydrogens (tertiary/aromatic N) is 3. The minimum Gasteiger partial charge on any atom is -0.481 e. The topological polar surface area (TPSA) is 137 Å².